The van der Waals surface area contributed by atoms with E-state index in [0.29, 0.717) is 58.2 Å². The van der Waals surface area contributed by atoms with Crippen LogP contribution in [-0.4, -0.2) is 44.0 Å². The Hall–Kier alpha value is -2.61. The van der Waals surface area contributed by atoms with Crippen molar-refractivity contribution in [2.75, 3.05) is 23.0 Å². The van der Waals surface area contributed by atoms with Crippen molar-refractivity contribution in [3.63, 3.8) is 0 Å². The summed E-state index contributed by atoms with van der Waals surface area (Å²) < 4.78 is 79.2. The number of aromatic nitrogens is 1. The van der Waals surface area contributed by atoms with Crippen LogP contribution in [-0.2, 0) is 26.8 Å². The third-order valence-corrected chi connectivity index (χ3v) is 8.78. The first-order chi connectivity index (χ1) is 19.2. The number of halogens is 2. The van der Waals surface area contributed by atoms with Gasteiger partial charge in [-0.05, 0) is 61.6 Å². The van der Waals surface area contributed by atoms with Crippen molar-refractivity contribution in [2.24, 2.45) is 0 Å². The molecule has 222 valence electrons. The molecule has 3 aromatic rings. The molecular formula is C27H30Cl2N2O8S2. The van der Waals surface area contributed by atoms with Crippen LogP contribution in [0.2, 0.25) is 10.0 Å². The average molecular weight is 646 g/mol. The van der Waals surface area contributed by atoms with Crippen LogP contribution in [0.3, 0.4) is 0 Å². The number of anilines is 1. The summed E-state index contributed by atoms with van der Waals surface area (Å²) in [7, 11) is -8.44. The quantitative estimate of drug-likeness (QED) is 0.154. The van der Waals surface area contributed by atoms with Gasteiger partial charge in [0.1, 0.15) is 0 Å². The van der Waals surface area contributed by atoms with Crippen molar-refractivity contribution in [3.8, 4) is 5.75 Å². The molecule has 4 rings (SSSR count). The van der Waals surface area contributed by atoms with Gasteiger partial charge in [-0.1, -0.05) is 30.1 Å². The molecule has 0 atom stereocenters. The number of benzene rings is 2. The van der Waals surface area contributed by atoms with E-state index < -0.39 is 31.7 Å². The van der Waals surface area contributed by atoms with Crippen LogP contribution in [0.4, 0.5) is 5.69 Å². The lowest BCUT2D eigenvalue weighted by molar-refractivity contribution is -0.678. The Bertz CT molecular complexity index is 1730. The molecule has 14 heteroatoms. The number of aryl methyl sites for hydroxylation is 2. The molecule has 1 aliphatic rings. The Morgan fingerprint density at radius 2 is 1.85 bits per heavy atom. The molecule has 0 radical (unpaired) electrons. The Kier molecular flexibility index (Phi) is 9.72. The van der Waals surface area contributed by atoms with Gasteiger partial charge in [0, 0.05) is 35.9 Å². The van der Waals surface area contributed by atoms with Gasteiger partial charge in [-0.2, -0.15) is 13.0 Å². The Balaban J connectivity index is 1.70. The average Bonchev–Trinajstić information content (AvgIpc) is 3.37. The maximum atomic E-state index is 11.3. The molecule has 10 nitrogen and oxygen atoms in total. The number of hydrogen-bond donors (Lipinski definition) is 1. The van der Waals surface area contributed by atoms with E-state index >= 15 is 0 Å². The van der Waals surface area contributed by atoms with Crippen molar-refractivity contribution < 1.29 is 39.7 Å². The van der Waals surface area contributed by atoms with Crippen molar-refractivity contribution in [1.82, 2.24) is 0 Å². The summed E-state index contributed by atoms with van der Waals surface area (Å²) in [4.78, 5) is 1.80. The van der Waals surface area contributed by atoms with Gasteiger partial charge in [-0.25, -0.2) is 8.42 Å². The highest BCUT2D eigenvalue weighted by molar-refractivity contribution is 7.85. The molecule has 41 heavy (non-hydrogen) atoms. The van der Waals surface area contributed by atoms with Crippen molar-refractivity contribution in [1.29, 1.82) is 0 Å². The molecule has 0 aliphatic carbocycles. The van der Waals surface area contributed by atoms with Gasteiger partial charge < -0.3 is 18.6 Å². The Morgan fingerprint density at radius 3 is 2.54 bits per heavy atom. The highest BCUT2D eigenvalue weighted by Gasteiger charge is 2.28. The molecule has 1 aromatic heterocycles. The minimum absolute atomic E-state index is 0.152. The first-order valence-electron chi connectivity index (χ1n) is 12.9. The third-order valence-electron chi connectivity index (χ3n) is 6.54. The molecule has 0 saturated carbocycles. The van der Waals surface area contributed by atoms with Gasteiger partial charge in [-0.15, -0.1) is 0 Å². The molecule has 2 heterocycles. The number of allylic oxidation sites excluding steroid dienone is 2. The SMILES string of the molecule is CCC(=Cc1oc2cc(C)c(Cl)cc2[n+]1CCCCS(=O)(=O)[O-])C=C1Oc2ccc(Cl)cc2N1CCCS(=O)(=O)O. The van der Waals surface area contributed by atoms with Crippen LogP contribution in [0.1, 0.15) is 44.1 Å². The summed E-state index contributed by atoms with van der Waals surface area (Å²) in [6.07, 6.45) is 5.02. The molecule has 0 spiro atoms. The summed E-state index contributed by atoms with van der Waals surface area (Å²) >= 11 is 12.6. The lowest BCUT2D eigenvalue weighted by Crippen LogP contribution is -2.35. The molecule has 0 saturated heterocycles. The molecule has 1 N–H and O–H groups in total. The second-order valence-corrected chi connectivity index (χ2v) is 13.6. The van der Waals surface area contributed by atoms with Crippen LogP contribution >= 0.6 is 23.2 Å². The van der Waals surface area contributed by atoms with E-state index in [1.54, 1.807) is 29.2 Å². The highest BCUT2D eigenvalue weighted by Crippen LogP contribution is 2.41. The zero-order valence-corrected chi connectivity index (χ0v) is 25.6. The van der Waals surface area contributed by atoms with E-state index in [1.807, 2.05) is 36.6 Å². The summed E-state index contributed by atoms with van der Waals surface area (Å²) in [5.74, 6) is 0.651. The van der Waals surface area contributed by atoms with Gasteiger partial charge in [0.2, 0.25) is 11.5 Å². The monoisotopic (exact) mass is 644 g/mol. The van der Waals surface area contributed by atoms with E-state index in [0.717, 1.165) is 16.7 Å². The normalized spacial score (nSPS) is 15.1. The fourth-order valence-corrected chi connectivity index (χ4v) is 5.87. The van der Waals surface area contributed by atoms with Gasteiger partial charge in [0.05, 0.1) is 32.7 Å². The van der Waals surface area contributed by atoms with Crippen LogP contribution in [0.25, 0.3) is 17.2 Å². The van der Waals surface area contributed by atoms with Crippen molar-refractivity contribution in [2.45, 2.75) is 46.1 Å². The molecule has 0 unspecified atom stereocenters. The fourth-order valence-electron chi connectivity index (χ4n) is 4.49. The maximum Gasteiger partial charge on any atom is 0.374 e. The van der Waals surface area contributed by atoms with Crippen LogP contribution < -0.4 is 14.2 Å². The second kappa shape index (κ2) is 12.7. The third kappa shape index (κ3) is 8.24. The lowest BCUT2D eigenvalue weighted by atomic mass is 10.1. The summed E-state index contributed by atoms with van der Waals surface area (Å²) in [5, 5.41) is 1.04. The zero-order chi connectivity index (χ0) is 29.9. The Labute approximate surface area is 249 Å². The van der Waals surface area contributed by atoms with Gasteiger partial charge >= 0.3 is 5.89 Å². The number of unbranched alkanes of at least 4 members (excludes halogenated alkanes) is 1. The van der Waals surface area contributed by atoms with E-state index in [2.05, 4.69) is 0 Å². The number of rotatable bonds is 12. The first kappa shape index (κ1) is 31.3. The smallest absolute Gasteiger partial charge is 0.374 e. The number of ether oxygens (including phenoxy) is 1. The van der Waals surface area contributed by atoms with Crippen LogP contribution in [0.15, 0.2) is 52.3 Å². The highest BCUT2D eigenvalue weighted by atomic mass is 35.5. The van der Waals surface area contributed by atoms with Crippen LogP contribution in [0.5, 0.6) is 5.75 Å². The van der Waals surface area contributed by atoms with Gasteiger partial charge in [0.25, 0.3) is 15.6 Å². The molecule has 2 aromatic carbocycles. The van der Waals surface area contributed by atoms with E-state index in [4.69, 9.17) is 32.4 Å². The topological polar surface area (TPSA) is 141 Å². The number of fused-ring (bicyclic) bond motifs is 2. The lowest BCUT2D eigenvalue weighted by Gasteiger charge is -2.18. The molecule has 1 aliphatic heterocycles. The van der Waals surface area contributed by atoms with Gasteiger partial charge in [0.15, 0.2) is 12.3 Å². The molecule has 0 amide bonds. The van der Waals surface area contributed by atoms with E-state index in [1.165, 1.54) is 0 Å². The van der Waals surface area contributed by atoms with E-state index in [-0.39, 0.29) is 19.4 Å². The second-order valence-electron chi connectivity index (χ2n) is 9.69. The summed E-state index contributed by atoms with van der Waals surface area (Å²) in [6, 6.07) is 8.76. The molecule has 0 bridgehead atoms. The molecular weight excluding hydrogens is 615 g/mol. The summed E-state index contributed by atoms with van der Waals surface area (Å²) in [5.41, 5.74) is 3.65. The number of oxazole rings is 1. The fraction of sp³-hybridized carbons (Fsp3) is 0.370. The maximum absolute atomic E-state index is 11.3. The molecule has 0 fully saturated rings. The standard InChI is InChI=1S/C27H30Cl2N2O8S2/c1-3-19(14-26-31(10-6-12-41(35,36)37)22-16-20(28)7-8-24(22)38-26)15-27-30(9-4-5-11-40(32,33)34)23-17-21(29)18(2)13-25(23)39-27/h7-8,13-17H,3-6,9-12H2,1-2H3,(H-,32,33,34,35,36,37). The van der Waals surface area contributed by atoms with Crippen molar-refractivity contribution in [3.05, 3.63) is 69.4 Å². The summed E-state index contributed by atoms with van der Waals surface area (Å²) in [6.45, 7) is 4.46. The van der Waals surface area contributed by atoms with Crippen molar-refractivity contribution >= 4 is 66.3 Å². The minimum atomic E-state index is -4.31. The van der Waals surface area contributed by atoms with E-state index in [9.17, 15) is 25.9 Å². The minimum Gasteiger partial charge on any atom is -0.748 e. The first-order valence-corrected chi connectivity index (χ1v) is 16.9. The predicted molar refractivity (Wildman–Crippen MR) is 157 cm³/mol. The number of nitrogens with zero attached hydrogens (tertiary/aromatic N) is 2. The van der Waals surface area contributed by atoms with Crippen LogP contribution in [0, 0.1) is 6.92 Å². The Morgan fingerprint density at radius 1 is 1.10 bits per heavy atom. The zero-order valence-electron chi connectivity index (χ0n) is 22.5. The predicted octanol–water partition coefficient (Wildman–Crippen LogP) is 5.47. The van der Waals surface area contributed by atoms with Gasteiger partial charge in [-0.3, -0.25) is 4.55 Å². The largest absolute Gasteiger partial charge is 0.748 e. The number of hydrogen-bond acceptors (Lipinski definition) is 8.